The predicted octanol–water partition coefficient (Wildman–Crippen LogP) is 3.37. The van der Waals surface area contributed by atoms with E-state index < -0.39 is 0 Å². The highest BCUT2D eigenvalue weighted by molar-refractivity contribution is 9.10. The highest BCUT2D eigenvalue weighted by Gasteiger charge is 2.11. The SMILES string of the molecule is Cn1cc(CC(CBr)Cc2ccc(Br)cc2)nn1. The lowest BCUT2D eigenvalue weighted by atomic mass is 9.97. The van der Waals surface area contributed by atoms with Gasteiger partial charge in [0.1, 0.15) is 0 Å². The van der Waals surface area contributed by atoms with Crippen LogP contribution in [0.15, 0.2) is 34.9 Å². The molecule has 5 heteroatoms. The monoisotopic (exact) mass is 371 g/mol. The molecule has 0 radical (unpaired) electrons. The molecule has 0 aliphatic heterocycles. The van der Waals surface area contributed by atoms with Crippen LogP contribution in [0.5, 0.6) is 0 Å². The van der Waals surface area contributed by atoms with Gasteiger partial charge in [-0.1, -0.05) is 49.2 Å². The van der Waals surface area contributed by atoms with E-state index in [9.17, 15) is 0 Å². The van der Waals surface area contributed by atoms with Crippen molar-refractivity contribution in [1.29, 1.82) is 0 Å². The number of aryl methyl sites for hydroxylation is 1. The zero-order valence-corrected chi connectivity index (χ0v) is 13.4. The Morgan fingerprint density at radius 1 is 1.22 bits per heavy atom. The molecule has 18 heavy (non-hydrogen) atoms. The predicted molar refractivity (Wildman–Crippen MR) is 79.8 cm³/mol. The quantitative estimate of drug-likeness (QED) is 0.753. The largest absolute Gasteiger partial charge is 0.255 e. The first-order valence-corrected chi connectivity index (χ1v) is 7.74. The molecule has 0 aliphatic carbocycles. The molecule has 0 fully saturated rings. The van der Waals surface area contributed by atoms with E-state index in [0.29, 0.717) is 5.92 Å². The molecular weight excluding hydrogens is 358 g/mol. The molecule has 1 unspecified atom stereocenters. The van der Waals surface area contributed by atoms with E-state index in [1.807, 2.05) is 13.2 Å². The molecule has 96 valence electrons. The van der Waals surface area contributed by atoms with Crippen molar-refractivity contribution in [3.05, 3.63) is 46.2 Å². The average Bonchev–Trinajstić information content (AvgIpc) is 2.77. The molecule has 0 N–H and O–H groups in total. The molecular formula is C13H15Br2N3. The summed E-state index contributed by atoms with van der Waals surface area (Å²) in [7, 11) is 1.90. The van der Waals surface area contributed by atoms with Crippen LogP contribution in [0.4, 0.5) is 0 Å². The van der Waals surface area contributed by atoms with E-state index in [-0.39, 0.29) is 0 Å². The van der Waals surface area contributed by atoms with Crippen molar-refractivity contribution < 1.29 is 0 Å². The van der Waals surface area contributed by atoms with E-state index in [4.69, 9.17) is 0 Å². The van der Waals surface area contributed by atoms with Gasteiger partial charge in [0, 0.05) is 23.0 Å². The molecule has 0 saturated carbocycles. The van der Waals surface area contributed by atoms with Gasteiger partial charge >= 0.3 is 0 Å². The Hall–Kier alpha value is -0.680. The summed E-state index contributed by atoms with van der Waals surface area (Å²) in [5.74, 6) is 0.544. The molecule has 0 saturated heterocycles. The number of benzene rings is 1. The fourth-order valence-electron chi connectivity index (χ4n) is 1.92. The van der Waals surface area contributed by atoms with E-state index in [1.165, 1.54) is 5.56 Å². The Morgan fingerprint density at radius 2 is 1.94 bits per heavy atom. The minimum atomic E-state index is 0.544. The summed E-state index contributed by atoms with van der Waals surface area (Å²) < 4.78 is 2.87. The van der Waals surface area contributed by atoms with Gasteiger partial charge in [-0.25, -0.2) is 0 Å². The molecule has 0 amide bonds. The van der Waals surface area contributed by atoms with Crippen LogP contribution in [0.3, 0.4) is 0 Å². The van der Waals surface area contributed by atoms with Crippen LogP contribution in [-0.4, -0.2) is 20.3 Å². The van der Waals surface area contributed by atoms with Crippen molar-refractivity contribution in [3.8, 4) is 0 Å². The standard InChI is InChI=1S/C13H15Br2N3/c1-18-9-13(16-17-18)7-11(8-14)6-10-2-4-12(15)5-3-10/h2-5,9,11H,6-8H2,1H3. The number of rotatable bonds is 5. The zero-order valence-electron chi connectivity index (χ0n) is 10.2. The van der Waals surface area contributed by atoms with Crippen molar-refractivity contribution in [1.82, 2.24) is 15.0 Å². The van der Waals surface area contributed by atoms with Gasteiger partial charge in [-0.05, 0) is 36.5 Å². The number of hydrogen-bond acceptors (Lipinski definition) is 2. The first-order valence-electron chi connectivity index (χ1n) is 5.83. The van der Waals surface area contributed by atoms with Gasteiger partial charge in [-0.2, -0.15) is 0 Å². The maximum absolute atomic E-state index is 4.14. The zero-order chi connectivity index (χ0) is 13.0. The fourth-order valence-corrected chi connectivity index (χ4v) is 2.64. The second kappa shape index (κ2) is 6.48. The molecule has 2 rings (SSSR count). The molecule has 2 aromatic rings. The highest BCUT2D eigenvalue weighted by atomic mass is 79.9. The van der Waals surface area contributed by atoms with E-state index >= 15 is 0 Å². The number of halogens is 2. The van der Waals surface area contributed by atoms with Gasteiger partial charge in [-0.3, -0.25) is 4.68 Å². The Labute approximate surface area is 124 Å². The number of hydrogen-bond donors (Lipinski definition) is 0. The molecule has 1 aromatic carbocycles. The van der Waals surface area contributed by atoms with Crippen LogP contribution in [0.2, 0.25) is 0 Å². The van der Waals surface area contributed by atoms with Crippen molar-refractivity contribution in [3.63, 3.8) is 0 Å². The van der Waals surface area contributed by atoms with Gasteiger partial charge in [0.15, 0.2) is 0 Å². The summed E-state index contributed by atoms with van der Waals surface area (Å²) in [5, 5.41) is 9.08. The van der Waals surface area contributed by atoms with Gasteiger partial charge in [0.2, 0.25) is 0 Å². The maximum atomic E-state index is 4.14. The minimum absolute atomic E-state index is 0.544. The van der Waals surface area contributed by atoms with E-state index in [2.05, 4.69) is 66.4 Å². The maximum Gasteiger partial charge on any atom is 0.0830 e. The van der Waals surface area contributed by atoms with Crippen molar-refractivity contribution >= 4 is 31.9 Å². The molecule has 1 heterocycles. The third-order valence-electron chi connectivity index (χ3n) is 2.80. The van der Waals surface area contributed by atoms with E-state index in [0.717, 1.165) is 28.3 Å². The first-order chi connectivity index (χ1) is 8.67. The lowest BCUT2D eigenvalue weighted by molar-refractivity contribution is 0.581. The second-order valence-corrected chi connectivity index (χ2v) is 6.00. The number of aromatic nitrogens is 3. The topological polar surface area (TPSA) is 30.7 Å². The minimum Gasteiger partial charge on any atom is -0.255 e. The summed E-state index contributed by atoms with van der Waals surface area (Å²) in [6.07, 6.45) is 3.99. The Kier molecular flexibility index (Phi) is 4.95. The summed E-state index contributed by atoms with van der Waals surface area (Å²) in [6.45, 7) is 0. The smallest absolute Gasteiger partial charge is 0.0830 e. The first kappa shape index (κ1) is 13.7. The normalized spacial score (nSPS) is 12.6. The summed E-state index contributed by atoms with van der Waals surface area (Å²) in [5.41, 5.74) is 2.41. The van der Waals surface area contributed by atoms with Crippen LogP contribution < -0.4 is 0 Å². The average molecular weight is 373 g/mol. The van der Waals surface area contributed by atoms with Crippen LogP contribution in [-0.2, 0) is 19.9 Å². The summed E-state index contributed by atoms with van der Waals surface area (Å²) in [6, 6.07) is 8.50. The Bertz CT molecular complexity index is 493. The molecule has 0 spiro atoms. The lowest BCUT2D eigenvalue weighted by Gasteiger charge is -2.12. The number of alkyl halides is 1. The third-order valence-corrected chi connectivity index (χ3v) is 4.25. The van der Waals surface area contributed by atoms with Gasteiger partial charge in [0.25, 0.3) is 0 Å². The molecule has 1 aromatic heterocycles. The van der Waals surface area contributed by atoms with Crippen LogP contribution in [0.25, 0.3) is 0 Å². The highest BCUT2D eigenvalue weighted by Crippen LogP contribution is 2.18. The number of nitrogens with zero attached hydrogens (tertiary/aromatic N) is 3. The van der Waals surface area contributed by atoms with Gasteiger partial charge < -0.3 is 0 Å². The van der Waals surface area contributed by atoms with Gasteiger partial charge in [-0.15, -0.1) is 5.10 Å². The molecule has 0 bridgehead atoms. The Morgan fingerprint density at radius 3 is 2.50 bits per heavy atom. The lowest BCUT2D eigenvalue weighted by Crippen LogP contribution is -2.10. The molecule has 1 atom stereocenters. The fraction of sp³-hybridized carbons (Fsp3) is 0.385. The van der Waals surface area contributed by atoms with Crippen molar-refractivity contribution in [2.75, 3.05) is 5.33 Å². The van der Waals surface area contributed by atoms with Gasteiger partial charge in [0.05, 0.1) is 5.69 Å². The molecule has 3 nitrogen and oxygen atoms in total. The van der Waals surface area contributed by atoms with Crippen LogP contribution >= 0.6 is 31.9 Å². The Balaban J connectivity index is 1.99. The van der Waals surface area contributed by atoms with E-state index in [1.54, 1.807) is 4.68 Å². The third kappa shape index (κ3) is 3.92. The van der Waals surface area contributed by atoms with Crippen LogP contribution in [0, 0.1) is 5.92 Å². The van der Waals surface area contributed by atoms with Crippen LogP contribution in [0.1, 0.15) is 11.3 Å². The molecule has 0 aliphatic rings. The van der Waals surface area contributed by atoms with Crippen molar-refractivity contribution in [2.24, 2.45) is 13.0 Å². The van der Waals surface area contributed by atoms with Crippen molar-refractivity contribution in [2.45, 2.75) is 12.8 Å². The second-order valence-electron chi connectivity index (χ2n) is 4.44. The summed E-state index contributed by atoms with van der Waals surface area (Å²) >= 11 is 7.04. The summed E-state index contributed by atoms with van der Waals surface area (Å²) in [4.78, 5) is 0.